The van der Waals surface area contributed by atoms with E-state index in [0.29, 0.717) is 27.5 Å². The van der Waals surface area contributed by atoms with Gasteiger partial charge in [-0.1, -0.05) is 23.7 Å². The number of aliphatic imine (C=N–C) groups is 1. The number of benzene rings is 2. The Bertz CT molecular complexity index is 986. The average molecular weight is 414 g/mol. The Hall–Kier alpha value is -2.73. The van der Waals surface area contributed by atoms with Crippen molar-refractivity contribution in [1.29, 1.82) is 0 Å². The number of carbonyl (C=O) groups excluding carboxylic acids is 2. The Balaban J connectivity index is 1.68. The molecule has 0 aliphatic carbocycles. The molecule has 5 nitrogen and oxygen atoms in total. The first-order chi connectivity index (χ1) is 14.0. The molecule has 7 heteroatoms. The van der Waals surface area contributed by atoms with Gasteiger partial charge in [0.15, 0.2) is 0 Å². The molecule has 2 aliphatic heterocycles. The number of nitrogens with zero attached hydrogens (tertiary/aromatic N) is 2. The lowest BCUT2D eigenvalue weighted by Gasteiger charge is -2.16. The quantitative estimate of drug-likeness (QED) is 0.822. The Kier molecular flexibility index (Phi) is 5.62. The van der Waals surface area contributed by atoms with E-state index < -0.39 is 11.9 Å². The largest absolute Gasteiger partial charge is 0.343 e. The Labute approximate surface area is 173 Å². The molecule has 1 N–H and O–H groups in total. The van der Waals surface area contributed by atoms with Crippen molar-refractivity contribution in [3.63, 3.8) is 0 Å². The minimum absolute atomic E-state index is 0.0303. The Morgan fingerprint density at radius 2 is 1.93 bits per heavy atom. The fourth-order valence-electron chi connectivity index (χ4n) is 3.77. The molecule has 2 heterocycles. The fraction of sp³-hybridized carbons (Fsp3) is 0.318. The molecule has 150 valence electrons. The first-order valence-electron chi connectivity index (χ1n) is 9.74. The number of carbonyl (C=O) groups is 2. The molecule has 1 unspecified atom stereocenters. The predicted octanol–water partition coefficient (Wildman–Crippen LogP) is 4.04. The minimum atomic E-state index is -0.790. The van der Waals surface area contributed by atoms with Gasteiger partial charge < -0.3 is 10.2 Å². The first kappa shape index (κ1) is 19.6. The first-order valence-corrected chi connectivity index (χ1v) is 10.1. The van der Waals surface area contributed by atoms with Crippen LogP contribution in [0.5, 0.6) is 0 Å². The van der Waals surface area contributed by atoms with Gasteiger partial charge in [-0.05, 0) is 49.6 Å². The number of halogens is 2. The van der Waals surface area contributed by atoms with Crippen LogP contribution in [0.1, 0.15) is 36.8 Å². The summed E-state index contributed by atoms with van der Waals surface area (Å²) in [4.78, 5) is 31.6. The summed E-state index contributed by atoms with van der Waals surface area (Å²) in [6.45, 7) is 1.53. The second-order valence-electron chi connectivity index (χ2n) is 7.28. The van der Waals surface area contributed by atoms with E-state index >= 15 is 0 Å². The smallest absolute Gasteiger partial charge is 0.249 e. The maximum atomic E-state index is 14.6. The summed E-state index contributed by atoms with van der Waals surface area (Å²) < 4.78 is 14.6. The lowest BCUT2D eigenvalue weighted by Crippen LogP contribution is -2.31. The van der Waals surface area contributed by atoms with Crippen LogP contribution in [0.2, 0.25) is 5.02 Å². The van der Waals surface area contributed by atoms with Crippen LogP contribution in [0.25, 0.3) is 0 Å². The molecule has 1 saturated heterocycles. The molecule has 4 rings (SSSR count). The van der Waals surface area contributed by atoms with Gasteiger partial charge in [-0.3, -0.25) is 14.6 Å². The van der Waals surface area contributed by atoms with Crippen molar-refractivity contribution in [3.8, 4) is 0 Å². The molecule has 0 saturated carbocycles. The third-order valence-corrected chi connectivity index (χ3v) is 5.54. The molecule has 1 atom stereocenters. The predicted molar refractivity (Wildman–Crippen MR) is 111 cm³/mol. The molecule has 0 aromatic heterocycles. The molecular weight excluding hydrogens is 393 g/mol. The van der Waals surface area contributed by atoms with Crippen LogP contribution in [0.4, 0.5) is 10.1 Å². The van der Waals surface area contributed by atoms with E-state index in [0.717, 1.165) is 25.9 Å². The topological polar surface area (TPSA) is 61.8 Å². The lowest BCUT2D eigenvalue weighted by molar-refractivity contribution is -0.130. The van der Waals surface area contributed by atoms with E-state index in [4.69, 9.17) is 11.6 Å². The number of hydrogen-bond acceptors (Lipinski definition) is 3. The molecule has 2 aliphatic rings. The maximum Gasteiger partial charge on any atom is 0.249 e. The average Bonchev–Trinajstić information content (AvgIpc) is 3.21. The molecule has 29 heavy (non-hydrogen) atoms. The van der Waals surface area contributed by atoms with Gasteiger partial charge in [0, 0.05) is 35.7 Å². The summed E-state index contributed by atoms with van der Waals surface area (Å²) in [5.74, 6) is -0.713. The molecule has 0 spiro atoms. The second kappa shape index (κ2) is 8.33. The zero-order valence-electron chi connectivity index (χ0n) is 15.8. The number of benzodiazepines with no additional fused rings is 1. The Morgan fingerprint density at radius 1 is 1.17 bits per heavy atom. The molecule has 2 amide bonds. The van der Waals surface area contributed by atoms with Gasteiger partial charge in [0.2, 0.25) is 11.8 Å². The van der Waals surface area contributed by atoms with Gasteiger partial charge in [-0.15, -0.1) is 0 Å². The molecule has 2 aromatic rings. The van der Waals surface area contributed by atoms with Crippen LogP contribution in [-0.2, 0) is 9.59 Å². The molecule has 1 fully saturated rings. The Morgan fingerprint density at radius 3 is 2.69 bits per heavy atom. The second-order valence-corrected chi connectivity index (χ2v) is 7.72. The van der Waals surface area contributed by atoms with Crippen LogP contribution in [0, 0.1) is 5.82 Å². The van der Waals surface area contributed by atoms with E-state index in [2.05, 4.69) is 10.3 Å². The summed E-state index contributed by atoms with van der Waals surface area (Å²) in [6, 6.07) is 10.5. The summed E-state index contributed by atoms with van der Waals surface area (Å²) in [6.07, 6.45) is 2.52. The number of rotatable bonds is 4. The number of nitrogens with one attached hydrogen (secondary N) is 1. The highest BCUT2D eigenvalue weighted by atomic mass is 35.5. The van der Waals surface area contributed by atoms with E-state index in [1.165, 1.54) is 6.07 Å². The SMILES string of the molecule is O=C1Nc2ccc(Cl)cc2C(c2ccccc2F)=NC1CCC(=O)N1CCCC1. The van der Waals surface area contributed by atoms with Crippen molar-refractivity contribution in [2.45, 2.75) is 31.7 Å². The third-order valence-electron chi connectivity index (χ3n) is 5.30. The fourth-order valence-corrected chi connectivity index (χ4v) is 3.94. The van der Waals surface area contributed by atoms with Crippen LogP contribution >= 0.6 is 11.6 Å². The third kappa shape index (κ3) is 4.17. The van der Waals surface area contributed by atoms with E-state index in [9.17, 15) is 14.0 Å². The summed E-state index contributed by atoms with van der Waals surface area (Å²) in [5, 5.41) is 3.32. The number of amides is 2. The number of anilines is 1. The van der Waals surface area contributed by atoms with Gasteiger partial charge >= 0.3 is 0 Å². The molecule has 2 aromatic carbocycles. The van der Waals surface area contributed by atoms with Crippen molar-refractivity contribution < 1.29 is 14.0 Å². The van der Waals surface area contributed by atoms with Crippen molar-refractivity contribution in [3.05, 3.63) is 64.4 Å². The molecular formula is C22H21ClFN3O2. The highest BCUT2D eigenvalue weighted by molar-refractivity contribution is 6.32. The van der Waals surface area contributed by atoms with Crippen molar-refractivity contribution in [1.82, 2.24) is 4.90 Å². The van der Waals surface area contributed by atoms with Crippen molar-refractivity contribution in [2.24, 2.45) is 4.99 Å². The zero-order chi connectivity index (χ0) is 20.4. The van der Waals surface area contributed by atoms with Crippen LogP contribution in [0.15, 0.2) is 47.5 Å². The van der Waals surface area contributed by atoms with E-state index in [1.54, 1.807) is 36.4 Å². The number of likely N-dealkylation sites (tertiary alicyclic amines) is 1. The summed E-state index contributed by atoms with van der Waals surface area (Å²) in [5.41, 5.74) is 1.74. The van der Waals surface area contributed by atoms with Gasteiger partial charge in [-0.25, -0.2) is 4.39 Å². The van der Waals surface area contributed by atoms with Gasteiger partial charge in [-0.2, -0.15) is 0 Å². The normalized spacial score (nSPS) is 18.7. The zero-order valence-corrected chi connectivity index (χ0v) is 16.6. The van der Waals surface area contributed by atoms with Crippen LogP contribution in [-0.4, -0.2) is 41.6 Å². The van der Waals surface area contributed by atoms with Gasteiger partial charge in [0.25, 0.3) is 0 Å². The molecule has 0 bridgehead atoms. The monoisotopic (exact) mass is 413 g/mol. The number of fused-ring (bicyclic) bond motifs is 1. The standard InChI is InChI=1S/C22H21ClFN3O2/c23-14-7-8-18-16(13-14)21(15-5-1-2-6-17(15)24)25-19(22(29)26-18)9-10-20(28)27-11-3-4-12-27/h1-2,5-8,13,19H,3-4,9-12H2,(H,26,29). The van der Waals surface area contributed by atoms with Gasteiger partial charge in [0.05, 0.1) is 11.4 Å². The highest BCUT2D eigenvalue weighted by Gasteiger charge is 2.28. The maximum absolute atomic E-state index is 14.6. The van der Waals surface area contributed by atoms with Gasteiger partial charge in [0.1, 0.15) is 11.9 Å². The summed E-state index contributed by atoms with van der Waals surface area (Å²) >= 11 is 6.16. The minimum Gasteiger partial charge on any atom is -0.343 e. The van der Waals surface area contributed by atoms with E-state index in [1.807, 2.05) is 4.90 Å². The number of hydrogen-bond donors (Lipinski definition) is 1. The van der Waals surface area contributed by atoms with Crippen LogP contribution in [0.3, 0.4) is 0 Å². The lowest BCUT2D eigenvalue weighted by atomic mass is 10.00. The van der Waals surface area contributed by atoms with Crippen molar-refractivity contribution >= 4 is 34.8 Å². The summed E-state index contributed by atoms with van der Waals surface area (Å²) in [7, 11) is 0. The highest BCUT2D eigenvalue weighted by Crippen LogP contribution is 2.29. The van der Waals surface area contributed by atoms with E-state index in [-0.39, 0.29) is 24.7 Å². The van der Waals surface area contributed by atoms with Crippen LogP contribution < -0.4 is 5.32 Å². The van der Waals surface area contributed by atoms with Crippen molar-refractivity contribution in [2.75, 3.05) is 18.4 Å². The molecule has 0 radical (unpaired) electrons.